The molecule has 2 aromatic rings. The predicted octanol–water partition coefficient (Wildman–Crippen LogP) is 2.94. The van der Waals surface area contributed by atoms with E-state index in [1.807, 2.05) is 36.4 Å². The van der Waals surface area contributed by atoms with E-state index in [-0.39, 0.29) is 18.9 Å². The molecule has 2 aromatic carbocycles. The van der Waals surface area contributed by atoms with Gasteiger partial charge in [0.2, 0.25) is 5.91 Å². The van der Waals surface area contributed by atoms with Crippen LogP contribution in [-0.2, 0) is 4.79 Å². The molecule has 2 heterocycles. The van der Waals surface area contributed by atoms with Gasteiger partial charge in [0, 0.05) is 6.54 Å². The molecule has 184 valence electrons. The number of carbonyl (C=O) groups is 1. The molecule has 2 aliphatic rings. The second-order valence-electron chi connectivity index (χ2n) is 8.66. The molecule has 8 heteroatoms. The number of amides is 1. The highest BCUT2D eigenvalue weighted by Gasteiger charge is 2.27. The highest BCUT2D eigenvalue weighted by molar-refractivity contribution is 5.76. The average Bonchev–Trinajstić information content (AvgIpc) is 2.88. The fourth-order valence-corrected chi connectivity index (χ4v) is 4.33. The van der Waals surface area contributed by atoms with Gasteiger partial charge in [-0.15, -0.1) is 0 Å². The second kappa shape index (κ2) is 11.9. The molecule has 8 nitrogen and oxygen atoms in total. The van der Waals surface area contributed by atoms with Crippen LogP contribution in [0.5, 0.6) is 23.0 Å². The first kappa shape index (κ1) is 24.2. The van der Waals surface area contributed by atoms with Crippen molar-refractivity contribution in [2.24, 2.45) is 0 Å². The van der Waals surface area contributed by atoms with Crippen molar-refractivity contribution in [2.45, 2.75) is 37.8 Å². The number of rotatable bonds is 10. The second-order valence-corrected chi connectivity index (χ2v) is 8.66. The highest BCUT2D eigenvalue weighted by Crippen LogP contribution is 2.33. The van der Waals surface area contributed by atoms with Gasteiger partial charge in [-0.05, 0) is 67.9 Å². The van der Waals surface area contributed by atoms with Crippen LogP contribution in [0.15, 0.2) is 42.5 Å². The minimum atomic E-state index is -0.871. The molecule has 1 saturated heterocycles. The van der Waals surface area contributed by atoms with Gasteiger partial charge in [0.1, 0.15) is 30.8 Å². The first-order valence-corrected chi connectivity index (χ1v) is 12.0. The molecule has 0 bridgehead atoms. The summed E-state index contributed by atoms with van der Waals surface area (Å²) in [5, 5.41) is 14.3. The number of methoxy groups -OCH3 is 1. The number of ether oxygens (including phenoxy) is 4. The molecule has 0 radical (unpaired) electrons. The van der Waals surface area contributed by atoms with E-state index >= 15 is 0 Å². The largest absolute Gasteiger partial charge is 0.497 e. The maximum Gasteiger partial charge on any atom is 0.223 e. The summed E-state index contributed by atoms with van der Waals surface area (Å²) in [5.74, 6) is 2.56. The van der Waals surface area contributed by atoms with Gasteiger partial charge in [0.15, 0.2) is 11.5 Å². The number of fused-ring (bicyclic) bond motifs is 1. The van der Waals surface area contributed by atoms with Crippen molar-refractivity contribution in [3.05, 3.63) is 48.0 Å². The summed E-state index contributed by atoms with van der Waals surface area (Å²) in [6.45, 7) is 3.77. The molecule has 4 rings (SSSR count). The Morgan fingerprint density at radius 2 is 1.74 bits per heavy atom. The van der Waals surface area contributed by atoms with Crippen LogP contribution in [-0.4, -0.2) is 68.5 Å². The maximum atomic E-state index is 12.8. The van der Waals surface area contributed by atoms with Crippen LogP contribution in [0, 0.1) is 0 Å². The third-order valence-corrected chi connectivity index (χ3v) is 6.20. The minimum Gasteiger partial charge on any atom is -0.497 e. The van der Waals surface area contributed by atoms with Crippen LogP contribution in [0.1, 0.15) is 37.4 Å². The summed E-state index contributed by atoms with van der Waals surface area (Å²) < 4.78 is 22.1. The van der Waals surface area contributed by atoms with E-state index in [2.05, 4.69) is 10.2 Å². The molecule has 0 aromatic heterocycles. The smallest absolute Gasteiger partial charge is 0.223 e. The molecular formula is C26H34N2O6. The molecule has 0 unspecified atom stereocenters. The third kappa shape index (κ3) is 6.55. The SMILES string of the molecule is COc1ccc(OCCC(=O)N[C@H](CN2CCCCC2)[C@H](O)c2ccc3c(c2)OCCO3)cc1. The summed E-state index contributed by atoms with van der Waals surface area (Å²) in [6.07, 6.45) is 2.81. The van der Waals surface area contributed by atoms with Gasteiger partial charge in [-0.2, -0.15) is 0 Å². The normalized spacial score (nSPS) is 17.5. The fourth-order valence-electron chi connectivity index (χ4n) is 4.33. The number of nitrogens with one attached hydrogen (secondary N) is 1. The maximum absolute atomic E-state index is 12.8. The Kier molecular flexibility index (Phi) is 8.49. The van der Waals surface area contributed by atoms with Gasteiger partial charge < -0.3 is 34.3 Å². The Balaban J connectivity index is 1.37. The summed E-state index contributed by atoms with van der Waals surface area (Å²) in [7, 11) is 1.61. The highest BCUT2D eigenvalue weighted by atomic mass is 16.6. The van der Waals surface area contributed by atoms with Crippen LogP contribution in [0.25, 0.3) is 0 Å². The van der Waals surface area contributed by atoms with Gasteiger partial charge in [-0.3, -0.25) is 4.79 Å². The number of hydrogen-bond acceptors (Lipinski definition) is 7. The number of likely N-dealkylation sites (tertiary alicyclic amines) is 1. The lowest BCUT2D eigenvalue weighted by molar-refractivity contribution is -0.123. The predicted molar refractivity (Wildman–Crippen MR) is 128 cm³/mol. The van der Waals surface area contributed by atoms with E-state index in [0.717, 1.165) is 31.7 Å². The molecule has 1 amide bonds. The van der Waals surface area contributed by atoms with E-state index in [0.29, 0.717) is 42.6 Å². The van der Waals surface area contributed by atoms with E-state index in [1.54, 1.807) is 13.2 Å². The van der Waals surface area contributed by atoms with Crippen molar-refractivity contribution in [2.75, 3.05) is 46.6 Å². The molecule has 0 aliphatic carbocycles. The summed E-state index contributed by atoms with van der Waals surface area (Å²) in [6, 6.07) is 12.2. The molecule has 2 N–H and O–H groups in total. The topological polar surface area (TPSA) is 89.5 Å². The lowest BCUT2D eigenvalue weighted by atomic mass is 9.99. The summed E-state index contributed by atoms with van der Waals surface area (Å²) in [5.41, 5.74) is 0.695. The van der Waals surface area contributed by atoms with E-state index in [1.165, 1.54) is 6.42 Å². The summed E-state index contributed by atoms with van der Waals surface area (Å²) >= 11 is 0. The van der Waals surface area contributed by atoms with Crippen LogP contribution in [0.2, 0.25) is 0 Å². The minimum absolute atomic E-state index is 0.160. The summed E-state index contributed by atoms with van der Waals surface area (Å²) in [4.78, 5) is 15.1. The zero-order valence-corrected chi connectivity index (χ0v) is 19.7. The number of aliphatic hydroxyl groups is 1. The fraction of sp³-hybridized carbons (Fsp3) is 0.500. The lowest BCUT2D eigenvalue weighted by Crippen LogP contribution is -2.48. The molecular weight excluding hydrogens is 436 g/mol. The average molecular weight is 471 g/mol. The number of benzene rings is 2. The number of piperidine rings is 1. The van der Waals surface area contributed by atoms with E-state index in [4.69, 9.17) is 18.9 Å². The third-order valence-electron chi connectivity index (χ3n) is 6.20. The molecule has 0 saturated carbocycles. The lowest BCUT2D eigenvalue weighted by Gasteiger charge is -2.33. The van der Waals surface area contributed by atoms with Crippen LogP contribution in [0.3, 0.4) is 0 Å². The van der Waals surface area contributed by atoms with Crippen molar-refractivity contribution in [1.29, 1.82) is 0 Å². The van der Waals surface area contributed by atoms with Crippen molar-refractivity contribution in [1.82, 2.24) is 10.2 Å². The van der Waals surface area contributed by atoms with Gasteiger partial charge >= 0.3 is 0 Å². The zero-order valence-electron chi connectivity index (χ0n) is 19.7. The van der Waals surface area contributed by atoms with E-state index < -0.39 is 12.1 Å². The Hall–Kier alpha value is -2.97. The quantitative estimate of drug-likeness (QED) is 0.552. The Morgan fingerprint density at radius 1 is 1.03 bits per heavy atom. The van der Waals surface area contributed by atoms with Crippen molar-refractivity contribution < 1.29 is 28.8 Å². The molecule has 2 atom stereocenters. The number of carbonyl (C=O) groups excluding carboxylic acids is 1. The van der Waals surface area contributed by atoms with Crippen molar-refractivity contribution >= 4 is 5.91 Å². The number of aliphatic hydroxyl groups excluding tert-OH is 1. The Bertz CT molecular complexity index is 929. The Morgan fingerprint density at radius 3 is 2.47 bits per heavy atom. The van der Waals surface area contributed by atoms with Gasteiger partial charge in [-0.25, -0.2) is 0 Å². The molecule has 0 spiro atoms. The van der Waals surface area contributed by atoms with Crippen LogP contribution >= 0.6 is 0 Å². The van der Waals surface area contributed by atoms with Gasteiger partial charge in [-0.1, -0.05) is 12.5 Å². The van der Waals surface area contributed by atoms with Gasteiger partial charge in [0.25, 0.3) is 0 Å². The Labute approximate surface area is 200 Å². The molecule has 34 heavy (non-hydrogen) atoms. The number of nitrogens with zero attached hydrogens (tertiary/aromatic N) is 1. The van der Waals surface area contributed by atoms with E-state index in [9.17, 15) is 9.90 Å². The molecule has 2 aliphatic heterocycles. The standard InChI is InChI=1S/C26H34N2O6/c1-31-20-6-8-21(9-7-20)32-14-11-25(29)27-22(18-28-12-3-2-4-13-28)26(30)19-5-10-23-24(17-19)34-16-15-33-23/h5-10,17,22,26,30H,2-4,11-16,18H2,1H3,(H,27,29)/t22-,26-/m1/s1. The van der Waals surface area contributed by atoms with Gasteiger partial charge in [0.05, 0.1) is 26.2 Å². The molecule has 1 fully saturated rings. The van der Waals surface area contributed by atoms with Crippen molar-refractivity contribution in [3.8, 4) is 23.0 Å². The van der Waals surface area contributed by atoms with Crippen molar-refractivity contribution in [3.63, 3.8) is 0 Å². The first-order valence-electron chi connectivity index (χ1n) is 12.0. The number of hydrogen-bond donors (Lipinski definition) is 2. The van der Waals surface area contributed by atoms with Crippen LogP contribution in [0.4, 0.5) is 0 Å². The zero-order chi connectivity index (χ0) is 23.8. The van der Waals surface area contributed by atoms with Crippen LogP contribution < -0.4 is 24.3 Å². The monoisotopic (exact) mass is 470 g/mol. The first-order chi connectivity index (χ1) is 16.6.